The molecule has 2 nitrogen and oxygen atoms in total. The fraction of sp³-hybridized carbons (Fsp3) is 0.571. The second-order valence-corrected chi connectivity index (χ2v) is 5.59. The van der Waals surface area contributed by atoms with Crippen LogP contribution in [-0.2, 0) is 0 Å². The molecule has 1 saturated heterocycles. The van der Waals surface area contributed by atoms with Crippen LogP contribution in [-0.4, -0.2) is 13.1 Å². The average Bonchev–Trinajstić information content (AvgIpc) is 2.28. The number of halogens is 1. The van der Waals surface area contributed by atoms with Crippen molar-refractivity contribution in [2.45, 2.75) is 32.1 Å². The zero-order valence-electron chi connectivity index (χ0n) is 10.1. The van der Waals surface area contributed by atoms with Gasteiger partial charge in [-0.05, 0) is 25.0 Å². The maximum atomic E-state index is 13.8. The molecule has 0 unspecified atom stereocenters. The number of nitrogens with zero attached hydrogens (tertiary/aromatic N) is 1. The molecule has 0 radical (unpaired) electrons. The standard InChI is InChI=1S/C14H19FN2/c15-11-5-4-6-12(16)13(11)17-9-14(10-17)7-2-1-3-8-14/h4-6H,1-3,7-10,16H2. The molecule has 0 bridgehead atoms. The van der Waals surface area contributed by atoms with Gasteiger partial charge in [-0.3, -0.25) is 0 Å². The van der Waals surface area contributed by atoms with Crippen LogP contribution < -0.4 is 10.6 Å². The minimum absolute atomic E-state index is 0.185. The molecule has 1 saturated carbocycles. The Balaban J connectivity index is 1.76. The van der Waals surface area contributed by atoms with E-state index >= 15 is 0 Å². The van der Waals surface area contributed by atoms with Crippen LogP contribution in [0.1, 0.15) is 32.1 Å². The van der Waals surface area contributed by atoms with Gasteiger partial charge in [-0.2, -0.15) is 0 Å². The van der Waals surface area contributed by atoms with E-state index in [1.165, 1.54) is 38.2 Å². The summed E-state index contributed by atoms with van der Waals surface area (Å²) in [5.74, 6) is -0.185. The summed E-state index contributed by atoms with van der Waals surface area (Å²) in [6.07, 6.45) is 6.64. The van der Waals surface area contributed by atoms with Crippen molar-refractivity contribution in [2.24, 2.45) is 5.41 Å². The van der Waals surface area contributed by atoms with E-state index in [0.29, 0.717) is 16.8 Å². The molecule has 1 aliphatic heterocycles. The Morgan fingerprint density at radius 1 is 1.12 bits per heavy atom. The molecule has 1 aliphatic carbocycles. The van der Waals surface area contributed by atoms with Crippen molar-refractivity contribution in [2.75, 3.05) is 23.7 Å². The van der Waals surface area contributed by atoms with E-state index < -0.39 is 0 Å². The second-order valence-electron chi connectivity index (χ2n) is 5.59. The van der Waals surface area contributed by atoms with Crippen molar-refractivity contribution in [3.05, 3.63) is 24.0 Å². The van der Waals surface area contributed by atoms with Crippen LogP contribution in [0.5, 0.6) is 0 Å². The Labute approximate surface area is 102 Å². The third-order valence-electron chi connectivity index (χ3n) is 4.30. The van der Waals surface area contributed by atoms with Gasteiger partial charge in [0.15, 0.2) is 0 Å². The molecule has 2 fully saturated rings. The van der Waals surface area contributed by atoms with Crippen LogP contribution in [0, 0.1) is 11.2 Å². The number of nitrogens with two attached hydrogens (primary N) is 1. The minimum atomic E-state index is -0.185. The maximum Gasteiger partial charge on any atom is 0.148 e. The monoisotopic (exact) mass is 234 g/mol. The maximum absolute atomic E-state index is 13.8. The minimum Gasteiger partial charge on any atom is -0.397 e. The van der Waals surface area contributed by atoms with Gasteiger partial charge in [-0.25, -0.2) is 4.39 Å². The predicted molar refractivity (Wildman–Crippen MR) is 68.5 cm³/mol. The second kappa shape index (κ2) is 3.90. The Morgan fingerprint density at radius 3 is 2.47 bits per heavy atom. The first-order valence-electron chi connectivity index (χ1n) is 6.49. The summed E-state index contributed by atoms with van der Waals surface area (Å²) in [5, 5.41) is 0. The van der Waals surface area contributed by atoms with E-state index in [0.717, 1.165) is 13.1 Å². The first-order valence-corrected chi connectivity index (χ1v) is 6.49. The molecule has 1 spiro atoms. The highest BCUT2D eigenvalue weighted by atomic mass is 19.1. The highest BCUT2D eigenvalue weighted by molar-refractivity contribution is 5.69. The van der Waals surface area contributed by atoms with Gasteiger partial charge >= 0.3 is 0 Å². The van der Waals surface area contributed by atoms with E-state index in [2.05, 4.69) is 4.90 Å². The summed E-state index contributed by atoms with van der Waals surface area (Å²) < 4.78 is 13.8. The van der Waals surface area contributed by atoms with Crippen LogP contribution in [0.25, 0.3) is 0 Å². The van der Waals surface area contributed by atoms with Crippen molar-refractivity contribution < 1.29 is 4.39 Å². The van der Waals surface area contributed by atoms with Gasteiger partial charge in [0.2, 0.25) is 0 Å². The number of nitrogen functional groups attached to an aromatic ring is 1. The largest absolute Gasteiger partial charge is 0.397 e. The normalized spacial score (nSPS) is 22.5. The molecule has 1 aromatic rings. The summed E-state index contributed by atoms with van der Waals surface area (Å²) in [6, 6.07) is 4.95. The van der Waals surface area contributed by atoms with Gasteiger partial charge in [0, 0.05) is 18.5 Å². The quantitative estimate of drug-likeness (QED) is 0.756. The van der Waals surface area contributed by atoms with Gasteiger partial charge < -0.3 is 10.6 Å². The number of hydrogen-bond donors (Lipinski definition) is 1. The summed E-state index contributed by atoms with van der Waals surface area (Å²) in [5.41, 5.74) is 7.51. The fourth-order valence-corrected chi connectivity index (χ4v) is 3.41. The summed E-state index contributed by atoms with van der Waals surface area (Å²) in [7, 11) is 0. The predicted octanol–water partition coefficient (Wildman–Crippen LogP) is 3.18. The fourth-order valence-electron chi connectivity index (χ4n) is 3.41. The molecule has 1 heterocycles. The van der Waals surface area contributed by atoms with Crippen LogP contribution in [0.2, 0.25) is 0 Å². The van der Waals surface area contributed by atoms with Gasteiger partial charge in [0.05, 0.1) is 11.4 Å². The van der Waals surface area contributed by atoms with Crippen molar-refractivity contribution in [1.29, 1.82) is 0 Å². The number of hydrogen-bond acceptors (Lipinski definition) is 2. The van der Waals surface area contributed by atoms with E-state index in [-0.39, 0.29) is 5.82 Å². The Bertz CT molecular complexity index is 396. The van der Waals surface area contributed by atoms with Gasteiger partial charge in [-0.15, -0.1) is 0 Å². The van der Waals surface area contributed by atoms with Crippen LogP contribution in [0.3, 0.4) is 0 Å². The lowest BCUT2D eigenvalue weighted by Gasteiger charge is -2.53. The first-order chi connectivity index (χ1) is 8.20. The third-order valence-corrected chi connectivity index (χ3v) is 4.30. The highest BCUT2D eigenvalue weighted by Crippen LogP contribution is 2.46. The van der Waals surface area contributed by atoms with Crippen LogP contribution >= 0.6 is 0 Å². The molecule has 2 N–H and O–H groups in total. The Kier molecular flexibility index (Phi) is 2.49. The van der Waals surface area contributed by atoms with Crippen LogP contribution in [0.15, 0.2) is 18.2 Å². The lowest BCUT2D eigenvalue weighted by Crippen LogP contribution is -2.57. The summed E-state index contributed by atoms with van der Waals surface area (Å²) in [4.78, 5) is 2.11. The number of rotatable bonds is 1. The van der Waals surface area contributed by atoms with Crippen LogP contribution in [0.4, 0.5) is 15.8 Å². The highest BCUT2D eigenvalue weighted by Gasteiger charge is 2.44. The van der Waals surface area contributed by atoms with Crippen molar-refractivity contribution in [3.63, 3.8) is 0 Å². The summed E-state index contributed by atoms with van der Waals surface area (Å²) >= 11 is 0. The molecule has 2 aliphatic rings. The molecule has 3 rings (SSSR count). The molecular formula is C14H19FN2. The molecule has 17 heavy (non-hydrogen) atoms. The number of anilines is 2. The number of para-hydroxylation sites is 1. The molecule has 0 aromatic heterocycles. The zero-order chi connectivity index (χ0) is 11.9. The van der Waals surface area contributed by atoms with Crippen molar-refractivity contribution in [1.82, 2.24) is 0 Å². The van der Waals surface area contributed by atoms with Gasteiger partial charge in [0.25, 0.3) is 0 Å². The van der Waals surface area contributed by atoms with E-state index in [4.69, 9.17) is 5.73 Å². The van der Waals surface area contributed by atoms with E-state index in [1.807, 2.05) is 0 Å². The lowest BCUT2D eigenvalue weighted by molar-refractivity contribution is 0.139. The molecular weight excluding hydrogens is 215 g/mol. The van der Waals surface area contributed by atoms with Gasteiger partial charge in [-0.1, -0.05) is 25.3 Å². The lowest BCUT2D eigenvalue weighted by atomic mass is 9.68. The molecule has 1 aromatic carbocycles. The molecule has 0 atom stereocenters. The number of benzene rings is 1. The SMILES string of the molecule is Nc1cccc(F)c1N1CC2(CCCCC2)C1. The van der Waals surface area contributed by atoms with E-state index in [9.17, 15) is 4.39 Å². The third kappa shape index (κ3) is 1.78. The Morgan fingerprint density at radius 2 is 1.82 bits per heavy atom. The average molecular weight is 234 g/mol. The Hall–Kier alpha value is -1.25. The molecule has 3 heteroatoms. The topological polar surface area (TPSA) is 29.3 Å². The van der Waals surface area contributed by atoms with Crippen molar-refractivity contribution in [3.8, 4) is 0 Å². The summed E-state index contributed by atoms with van der Waals surface area (Å²) in [6.45, 7) is 1.97. The first kappa shape index (κ1) is 10.9. The zero-order valence-corrected chi connectivity index (χ0v) is 10.1. The molecule has 0 amide bonds. The molecule has 92 valence electrons. The van der Waals surface area contributed by atoms with Crippen molar-refractivity contribution >= 4 is 11.4 Å². The van der Waals surface area contributed by atoms with E-state index in [1.54, 1.807) is 12.1 Å². The van der Waals surface area contributed by atoms with Gasteiger partial charge in [0.1, 0.15) is 5.82 Å². The smallest absolute Gasteiger partial charge is 0.148 e.